The van der Waals surface area contributed by atoms with E-state index in [0.29, 0.717) is 12.0 Å². The first kappa shape index (κ1) is 11.9. The summed E-state index contributed by atoms with van der Waals surface area (Å²) in [7, 11) is 0. The van der Waals surface area contributed by atoms with Crippen LogP contribution in [0.4, 0.5) is 5.95 Å². The third kappa shape index (κ3) is 1.90. The number of nitrogens with zero attached hydrogens (tertiary/aromatic N) is 3. The smallest absolute Gasteiger partial charge is 0.221 e. The molecule has 2 aliphatic rings. The zero-order chi connectivity index (χ0) is 13.5. The Morgan fingerprint density at radius 3 is 2.90 bits per heavy atom. The van der Waals surface area contributed by atoms with Crippen molar-refractivity contribution >= 4 is 5.95 Å². The number of benzene rings is 1. The molecular weight excluding hydrogens is 248 g/mol. The third-order valence-corrected chi connectivity index (χ3v) is 4.54. The maximum absolute atomic E-state index is 4.80. The van der Waals surface area contributed by atoms with Crippen molar-refractivity contribution in [2.24, 2.45) is 0 Å². The lowest BCUT2D eigenvalue weighted by Gasteiger charge is -2.25. The Labute approximate surface area is 119 Å². The topological polar surface area (TPSA) is 42.7 Å². The molecule has 1 aliphatic carbocycles. The van der Waals surface area contributed by atoms with Crippen molar-refractivity contribution in [2.45, 2.75) is 44.6 Å². The van der Waals surface area contributed by atoms with E-state index >= 15 is 0 Å². The maximum atomic E-state index is 4.80. The van der Waals surface area contributed by atoms with Gasteiger partial charge in [0.2, 0.25) is 5.95 Å². The number of hydrogen-bond donors (Lipinski definition) is 1. The van der Waals surface area contributed by atoms with Gasteiger partial charge in [-0.2, -0.15) is 10.1 Å². The number of rotatable bonds is 2. The number of aryl methyl sites for hydroxylation is 1. The monoisotopic (exact) mass is 268 g/mol. The number of nitrogens with one attached hydrogen (secondary N) is 1. The minimum atomic E-state index is 0.326. The van der Waals surface area contributed by atoms with Crippen LogP contribution in [0, 0.1) is 6.92 Å². The quantitative estimate of drug-likeness (QED) is 0.909. The molecular formula is C16H20N4. The average Bonchev–Trinajstić information content (AvgIpc) is 2.79. The Hall–Kier alpha value is -1.84. The molecule has 0 radical (unpaired) electrons. The maximum Gasteiger partial charge on any atom is 0.221 e. The summed E-state index contributed by atoms with van der Waals surface area (Å²) in [4.78, 5) is 4.71. The van der Waals surface area contributed by atoms with Gasteiger partial charge in [-0.05, 0) is 31.7 Å². The highest BCUT2D eigenvalue weighted by Crippen LogP contribution is 2.37. The minimum absolute atomic E-state index is 0.326. The predicted molar refractivity (Wildman–Crippen MR) is 79.0 cm³/mol. The van der Waals surface area contributed by atoms with Gasteiger partial charge in [0.05, 0.1) is 6.04 Å². The Balaban J connectivity index is 1.72. The van der Waals surface area contributed by atoms with Crippen LogP contribution in [0.15, 0.2) is 24.3 Å². The third-order valence-electron chi connectivity index (χ3n) is 4.54. The molecule has 4 nitrogen and oxygen atoms in total. The van der Waals surface area contributed by atoms with Gasteiger partial charge in [-0.3, -0.25) is 0 Å². The van der Waals surface area contributed by atoms with E-state index in [1.165, 1.54) is 30.4 Å². The molecule has 0 amide bonds. The fourth-order valence-corrected chi connectivity index (χ4v) is 3.15. The highest BCUT2D eigenvalue weighted by Gasteiger charge is 2.29. The molecule has 2 heterocycles. The van der Waals surface area contributed by atoms with Gasteiger partial charge < -0.3 is 5.32 Å². The Morgan fingerprint density at radius 1 is 1.25 bits per heavy atom. The molecule has 0 spiro atoms. The first-order valence-electron chi connectivity index (χ1n) is 7.58. The van der Waals surface area contributed by atoms with Gasteiger partial charge in [-0.25, -0.2) is 4.68 Å². The van der Waals surface area contributed by atoms with Crippen molar-refractivity contribution in [3.63, 3.8) is 0 Å². The van der Waals surface area contributed by atoms with E-state index in [2.05, 4.69) is 41.2 Å². The number of fused-ring (bicyclic) bond motifs is 1. The van der Waals surface area contributed by atoms with E-state index in [1.54, 1.807) is 0 Å². The summed E-state index contributed by atoms with van der Waals surface area (Å²) >= 11 is 0. The summed E-state index contributed by atoms with van der Waals surface area (Å²) in [6.45, 7) is 3.12. The molecule has 1 aromatic carbocycles. The molecule has 1 saturated carbocycles. The first-order chi connectivity index (χ1) is 9.81. The van der Waals surface area contributed by atoms with E-state index < -0.39 is 0 Å². The van der Waals surface area contributed by atoms with Crippen molar-refractivity contribution in [3.05, 3.63) is 41.2 Å². The highest BCUT2D eigenvalue weighted by atomic mass is 15.4. The van der Waals surface area contributed by atoms with Gasteiger partial charge >= 0.3 is 0 Å². The zero-order valence-electron chi connectivity index (χ0n) is 11.8. The highest BCUT2D eigenvalue weighted by molar-refractivity contribution is 5.34. The molecule has 1 N–H and O–H groups in total. The second-order valence-corrected chi connectivity index (χ2v) is 6.01. The lowest BCUT2D eigenvalue weighted by Crippen LogP contribution is -2.24. The SMILES string of the molecule is Cc1cccc(C2CCNc3nc(C4CCC4)nn32)c1. The molecule has 4 rings (SSSR count). The molecule has 1 atom stereocenters. The van der Waals surface area contributed by atoms with E-state index in [-0.39, 0.29) is 0 Å². The molecule has 1 fully saturated rings. The van der Waals surface area contributed by atoms with Gasteiger partial charge in [0.1, 0.15) is 0 Å². The van der Waals surface area contributed by atoms with Gasteiger partial charge in [0.25, 0.3) is 0 Å². The fraction of sp³-hybridized carbons (Fsp3) is 0.500. The standard InChI is InChI=1S/C16H20N4/c1-11-4-2-7-13(10-11)14-8-9-17-16-18-15(19-20(14)16)12-5-3-6-12/h2,4,7,10,12,14H,3,5-6,8-9H2,1H3,(H,17,18,19). The van der Waals surface area contributed by atoms with Crippen LogP contribution in [0.1, 0.15) is 54.6 Å². The van der Waals surface area contributed by atoms with Crippen molar-refractivity contribution in [1.29, 1.82) is 0 Å². The van der Waals surface area contributed by atoms with E-state index in [9.17, 15) is 0 Å². The van der Waals surface area contributed by atoms with E-state index in [0.717, 1.165) is 24.7 Å². The van der Waals surface area contributed by atoms with Crippen LogP contribution < -0.4 is 5.32 Å². The molecule has 20 heavy (non-hydrogen) atoms. The van der Waals surface area contributed by atoms with Crippen molar-refractivity contribution in [3.8, 4) is 0 Å². The van der Waals surface area contributed by atoms with Crippen LogP contribution in [0.5, 0.6) is 0 Å². The van der Waals surface area contributed by atoms with E-state index in [1.807, 2.05) is 0 Å². The molecule has 0 saturated heterocycles. The molecule has 0 bridgehead atoms. The lowest BCUT2D eigenvalue weighted by atomic mass is 9.85. The summed E-state index contributed by atoms with van der Waals surface area (Å²) < 4.78 is 2.10. The largest absolute Gasteiger partial charge is 0.354 e. The molecule has 104 valence electrons. The zero-order valence-corrected chi connectivity index (χ0v) is 11.8. The second kappa shape index (κ2) is 4.62. The summed E-state index contributed by atoms with van der Waals surface area (Å²) in [5.41, 5.74) is 2.65. The van der Waals surface area contributed by atoms with Crippen molar-refractivity contribution < 1.29 is 0 Å². The van der Waals surface area contributed by atoms with Crippen LogP contribution in [0.25, 0.3) is 0 Å². The number of hydrogen-bond acceptors (Lipinski definition) is 3. The predicted octanol–water partition coefficient (Wildman–Crippen LogP) is 3.26. The van der Waals surface area contributed by atoms with Gasteiger partial charge in [-0.15, -0.1) is 0 Å². The molecule has 1 unspecified atom stereocenters. The molecule has 2 aromatic rings. The molecule has 1 aromatic heterocycles. The minimum Gasteiger partial charge on any atom is -0.354 e. The molecule has 4 heteroatoms. The van der Waals surface area contributed by atoms with Crippen LogP contribution in [0.2, 0.25) is 0 Å². The normalized spacial score (nSPS) is 21.9. The Kier molecular flexibility index (Phi) is 2.76. The lowest BCUT2D eigenvalue weighted by molar-refractivity contribution is 0.393. The number of anilines is 1. The van der Waals surface area contributed by atoms with Gasteiger partial charge in [-0.1, -0.05) is 36.2 Å². The summed E-state index contributed by atoms with van der Waals surface area (Å²) in [5.74, 6) is 2.58. The fourth-order valence-electron chi connectivity index (χ4n) is 3.15. The van der Waals surface area contributed by atoms with Crippen LogP contribution >= 0.6 is 0 Å². The van der Waals surface area contributed by atoms with Crippen LogP contribution in [-0.4, -0.2) is 21.3 Å². The Morgan fingerprint density at radius 2 is 2.15 bits per heavy atom. The van der Waals surface area contributed by atoms with Gasteiger partial charge in [0.15, 0.2) is 5.82 Å². The summed E-state index contributed by atoms with van der Waals surface area (Å²) in [6, 6.07) is 9.08. The Bertz CT molecular complexity index is 627. The van der Waals surface area contributed by atoms with Gasteiger partial charge in [0, 0.05) is 12.5 Å². The van der Waals surface area contributed by atoms with E-state index in [4.69, 9.17) is 10.1 Å². The summed E-state index contributed by atoms with van der Waals surface area (Å²) in [6.07, 6.45) is 4.89. The second-order valence-electron chi connectivity index (χ2n) is 6.01. The van der Waals surface area contributed by atoms with Crippen molar-refractivity contribution in [2.75, 3.05) is 11.9 Å². The van der Waals surface area contributed by atoms with Crippen LogP contribution in [0.3, 0.4) is 0 Å². The summed E-state index contributed by atoms with van der Waals surface area (Å²) in [5, 5.41) is 8.19. The first-order valence-corrected chi connectivity index (χ1v) is 7.58. The molecule has 1 aliphatic heterocycles. The number of aromatic nitrogens is 3. The average molecular weight is 268 g/mol. The van der Waals surface area contributed by atoms with Crippen molar-refractivity contribution in [1.82, 2.24) is 14.8 Å². The van der Waals surface area contributed by atoms with Crippen LogP contribution in [-0.2, 0) is 0 Å².